The number of hydrogen-bond donors (Lipinski definition) is 3. The van der Waals surface area contributed by atoms with Gasteiger partial charge >= 0.3 is 0 Å². The van der Waals surface area contributed by atoms with Gasteiger partial charge in [0.1, 0.15) is 11.3 Å². The van der Waals surface area contributed by atoms with Gasteiger partial charge in [0.2, 0.25) is 15.9 Å². The van der Waals surface area contributed by atoms with Crippen molar-refractivity contribution in [1.82, 2.24) is 0 Å². The van der Waals surface area contributed by atoms with Crippen molar-refractivity contribution in [2.45, 2.75) is 19.4 Å². The van der Waals surface area contributed by atoms with Crippen molar-refractivity contribution in [3.05, 3.63) is 54.1 Å². The number of rotatable bonds is 7. The number of sulfonamides is 1. The molecule has 0 radical (unpaired) electrons. The molecule has 7 nitrogen and oxygen atoms in total. The number of anilines is 2. The summed E-state index contributed by atoms with van der Waals surface area (Å²) in [5.41, 5.74) is 6.39. The highest BCUT2D eigenvalue weighted by molar-refractivity contribution is 7.92. The molecule has 1 unspecified atom stereocenters. The Labute approximate surface area is 153 Å². The molecule has 0 fully saturated rings. The molecule has 2 rings (SSSR count). The van der Waals surface area contributed by atoms with Gasteiger partial charge in [-0.25, -0.2) is 8.42 Å². The van der Waals surface area contributed by atoms with Gasteiger partial charge in [-0.05, 0) is 31.5 Å². The summed E-state index contributed by atoms with van der Waals surface area (Å²) in [6.45, 7) is 3.16. The second-order valence-corrected chi connectivity index (χ2v) is 7.95. The first kappa shape index (κ1) is 19.7. The summed E-state index contributed by atoms with van der Waals surface area (Å²) >= 11 is 0. The molecule has 0 spiro atoms. The Balaban J connectivity index is 2.23. The summed E-state index contributed by atoms with van der Waals surface area (Å²) in [7, 11) is -2.02. The van der Waals surface area contributed by atoms with E-state index >= 15 is 0 Å². The van der Waals surface area contributed by atoms with Crippen molar-refractivity contribution in [3.8, 4) is 5.75 Å². The zero-order chi connectivity index (χ0) is 19.4. The largest absolute Gasteiger partial charge is 0.494 e. The lowest BCUT2D eigenvalue weighted by molar-refractivity contribution is -0.120. The van der Waals surface area contributed by atoms with E-state index < -0.39 is 21.5 Å². The Morgan fingerprint density at radius 3 is 2.42 bits per heavy atom. The normalized spacial score (nSPS) is 13.5. The van der Waals surface area contributed by atoms with E-state index in [0.717, 1.165) is 0 Å². The van der Waals surface area contributed by atoms with Crippen molar-refractivity contribution in [3.63, 3.8) is 0 Å². The van der Waals surface area contributed by atoms with E-state index in [2.05, 4.69) is 10.0 Å². The van der Waals surface area contributed by atoms with Crippen LogP contribution >= 0.6 is 0 Å². The Bertz CT molecular complexity index is 881. The second-order valence-electron chi connectivity index (χ2n) is 5.94. The Kier molecular flexibility index (Phi) is 5.89. The van der Waals surface area contributed by atoms with Crippen LogP contribution in [0.25, 0.3) is 0 Å². The molecule has 4 N–H and O–H groups in total. The van der Waals surface area contributed by atoms with Gasteiger partial charge in [0.25, 0.3) is 0 Å². The Hall–Kier alpha value is -2.58. The quantitative estimate of drug-likeness (QED) is 0.685. The summed E-state index contributed by atoms with van der Waals surface area (Å²) < 4.78 is 31.1. The number of hydrogen-bond acceptors (Lipinski definition) is 5. The molecular weight excluding hydrogens is 354 g/mol. The fourth-order valence-electron chi connectivity index (χ4n) is 2.27. The average Bonchev–Trinajstić information content (AvgIpc) is 2.63. The molecule has 0 aromatic heterocycles. The highest BCUT2D eigenvalue weighted by Crippen LogP contribution is 2.29. The average molecular weight is 377 g/mol. The molecular formula is C18H23N3O4S. The summed E-state index contributed by atoms with van der Waals surface area (Å²) in [4.78, 5) is 12.6. The van der Waals surface area contributed by atoms with Gasteiger partial charge in [-0.3, -0.25) is 9.52 Å². The zero-order valence-corrected chi connectivity index (χ0v) is 15.8. The third kappa shape index (κ3) is 4.53. The van der Waals surface area contributed by atoms with Crippen LogP contribution in [0.4, 0.5) is 11.4 Å². The highest BCUT2D eigenvalue weighted by atomic mass is 32.2. The molecule has 0 bridgehead atoms. The van der Waals surface area contributed by atoms with Gasteiger partial charge in [0.15, 0.2) is 0 Å². The topological polar surface area (TPSA) is 111 Å². The molecule has 2 aromatic rings. The van der Waals surface area contributed by atoms with Crippen molar-refractivity contribution in [1.29, 1.82) is 0 Å². The second kappa shape index (κ2) is 7.76. The number of nitrogens with one attached hydrogen (secondary N) is 2. The van der Waals surface area contributed by atoms with Gasteiger partial charge in [-0.15, -0.1) is 0 Å². The predicted molar refractivity (Wildman–Crippen MR) is 103 cm³/mol. The van der Waals surface area contributed by atoms with Crippen LogP contribution in [0.1, 0.15) is 19.4 Å². The fraction of sp³-hybridized carbons (Fsp3) is 0.278. The predicted octanol–water partition coefficient (Wildman–Crippen LogP) is 2.27. The molecule has 0 heterocycles. The summed E-state index contributed by atoms with van der Waals surface area (Å²) in [6.07, 6.45) is 0. The molecule has 0 saturated heterocycles. The Morgan fingerprint density at radius 2 is 1.85 bits per heavy atom. The van der Waals surface area contributed by atoms with Crippen LogP contribution in [0.3, 0.4) is 0 Å². The maximum Gasteiger partial charge on any atom is 0.248 e. The standard InChI is InChI=1S/C18H23N3O4S/c1-4-26(23,24)21-15-11-10-14(12-16(15)25-3)20-17(22)18(2,19)13-8-6-5-7-9-13/h5-12,21H,4,19H2,1-3H3,(H,20,22). The van der Waals surface area contributed by atoms with E-state index in [-0.39, 0.29) is 5.75 Å². The third-order valence-electron chi connectivity index (χ3n) is 3.95. The lowest BCUT2D eigenvalue weighted by Gasteiger charge is -2.24. The Morgan fingerprint density at radius 1 is 1.19 bits per heavy atom. The van der Waals surface area contributed by atoms with E-state index in [1.807, 2.05) is 18.2 Å². The van der Waals surface area contributed by atoms with Crippen molar-refractivity contribution >= 4 is 27.3 Å². The van der Waals surface area contributed by atoms with Crippen LogP contribution < -0.4 is 20.5 Å². The zero-order valence-electron chi connectivity index (χ0n) is 14.9. The molecule has 140 valence electrons. The lowest BCUT2D eigenvalue weighted by atomic mass is 9.92. The van der Waals surface area contributed by atoms with Gasteiger partial charge in [-0.2, -0.15) is 0 Å². The van der Waals surface area contributed by atoms with Crippen molar-refractivity contribution < 1.29 is 17.9 Å². The van der Waals surface area contributed by atoms with Gasteiger partial charge in [0.05, 0.1) is 18.6 Å². The van der Waals surface area contributed by atoms with E-state index in [4.69, 9.17) is 10.5 Å². The smallest absolute Gasteiger partial charge is 0.248 e. The minimum Gasteiger partial charge on any atom is -0.494 e. The number of carbonyl (C=O) groups excluding carboxylic acids is 1. The van der Waals surface area contributed by atoms with Gasteiger partial charge in [-0.1, -0.05) is 30.3 Å². The summed E-state index contributed by atoms with van der Waals surface area (Å²) in [5.74, 6) is -0.164. The molecule has 0 saturated carbocycles. The summed E-state index contributed by atoms with van der Waals surface area (Å²) in [6, 6.07) is 13.7. The van der Waals surface area contributed by atoms with Crippen molar-refractivity contribution in [2.24, 2.45) is 5.73 Å². The maximum absolute atomic E-state index is 12.6. The number of ether oxygens (including phenoxy) is 1. The maximum atomic E-state index is 12.6. The molecule has 1 atom stereocenters. The molecule has 0 aliphatic carbocycles. The first-order chi connectivity index (χ1) is 12.2. The van der Waals surface area contributed by atoms with Crippen LogP contribution in [0.15, 0.2) is 48.5 Å². The van der Waals surface area contributed by atoms with E-state index in [9.17, 15) is 13.2 Å². The van der Waals surface area contributed by atoms with Crippen LogP contribution in [0.2, 0.25) is 0 Å². The van der Waals surface area contributed by atoms with E-state index in [0.29, 0.717) is 22.7 Å². The van der Waals surface area contributed by atoms with Crippen LogP contribution in [0, 0.1) is 0 Å². The summed E-state index contributed by atoms with van der Waals surface area (Å²) in [5, 5.41) is 2.74. The SMILES string of the molecule is CCS(=O)(=O)Nc1ccc(NC(=O)C(C)(N)c2ccccc2)cc1OC. The highest BCUT2D eigenvalue weighted by Gasteiger charge is 2.30. The number of benzene rings is 2. The molecule has 0 aliphatic rings. The molecule has 26 heavy (non-hydrogen) atoms. The molecule has 0 aliphatic heterocycles. The molecule has 8 heteroatoms. The minimum atomic E-state index is -3.44. The minimum absolute atomic E-state index is 0.0583. The number of amides is 1. The molecule has 2 aromatic carbocycles. The first-order valence-corrected chi connectivity index (χ1v) is 9.69. The molecule has 1 amide bonds. The lowest BCUT2D eigenvalue weighted by Crippen LogP contribution is -2.45. The van der Waals surface area contributed by atoms with Gasteiger partial charge in [0, 0.05) is 11.8 Å². The number of nitrogens with two attached hydrogens (primary N) is 1. The van der Waals surface area contributed by atoms with Crippen LogP contribution in [-0.2, 0) is 20.4 Å². The van der Waals surface area contributed by atoms with E-state index in [1.165, 1.54) is 26.2 Å². The fourth-order valence-corrected chi connectivity index (χ4v) is 2.92. The van der Waals surface area contributed by atoms with E-state index in [1.54, 1.807) is 25.1 Å². The van der Waals surface area contributed by atoms with Crippen LogP contribution in [0.5, 0.6) is 5.75 Å². The first-order valence-electron chi connectivity index (χ1n) is 8.04. The number of carbonyl (C=O) groups is 1. The number of methoxy groups -OCH3 is 1. The van der Waals surface area contributed by atoms with Crippen LogP contribution in [-0.4, -0.2) is 27.2 Å². The third-order valence-corrected chi connectivity index (χ3v) is 5.24. The monoisotopic (exact) mass is 377 g/mol. The van der Waals surface area contributed by atoms with Gasteiger partial charge < -0.3 is 15.8 Å². The van der Waals surface area contributed by atoms with Crippen molar-refractivity contribution in [2.75, 3.05) is 22.9 Å².